The summed E-state index contributed by atoms with van der Waals surface area (Å²) in [6.45, 7) is 6.41. The van der Waals surface area contributed by atoms with Gasteiger partial charge in [-0.15, -0.1) is 0 Å². The number of hydrogen-bond acceptors (Lipinski definition) is 9. The third-order valence-electron chi connectivity index (χ3n) is 9.57. The Morgan fingerprint density at radius 3 is 2.60 bits per heavy atom. The molecular weight excluding hydrogens is 621 g/mol. The minimum atomic E-state index is -0.904. The van der Waals surface area contributed by atoms with Gasteiger partial charge in [0.1, 0.15) is 24.6 Å². The Bertz CT molecular complexity index is 1730. The van der Waals surface area contributed by atoms with Crippen molar-refractivity contribution in [3.8, 4) is 16.9 Å². The highest BCUT2D eigenvalue weighted by atomic mass is 19.2. The van der Waals surface area contributed by atoms with Crippen LogP contribution in [0.25, 0.3) is 11.1 Å². The quantitative estimate of drug-likeness (QED) is 0.189. The number of hydrogen-bond donors (Lipinski definition) is 1. The number of piperidine rings is 1. The van der Waals surface area contributed by atoms with Crippen LogP contribution in [0, 0.1) is 17.6 Å². The Balaban J connectivity index is 1.26. The monoisotopic (exact) mass is 664 g/mol. The van der Waals surface area contributed by atoms with Crippen LogP contribution in [0.1, 0.15) is 44.7 Å². The molecule has 2 aliphatic rings. The molecule has 0 amide bonds. The molecule has 1 atom stereocenters. The van der Waals surface area contributed by atoms with Crippen molar-refractivity contribution in [1.29, 1.82) is 0 Å². The summed E-state index contributed by atoms with van der Waals surface area (Å²) in [5.74, 6) is 0.185. The average Bonchev–Trinajstić information content (AvgIpc) is 3.76. The van der Waals surface area contributed by atoms with Gasteiger partial charge in [-0.3, -0.25) is 14.4 Å². The van der Waals surface area contributed by atoms with Gasteiger partial charge < -0.3 is 15.0 Å². The van der Waals surface area contributed by atoms with E-state index in [1.54, 1.807) is 23.9 Å². The van der Waals surface area contributed by atoms with E-state index in [1.165, 1.54) is 17.5 Å². The fourth-order valence-electron chi connectivity index (χ4n) is 6.41. The minimum Gasteiger partial charge on any atom is -0.494 e. The minimum absolute atomic E-state index is 0.207. The molecule has 6 rings (SSSR count). The molecule has 0 spiro atoms. The fourth-order valence-corrected chi connectivity index (χ4v) is 6.41. The van der Waals surface area contributed by atoms with Gasteiger partial charge in [-0.25, -0.2) is 28.2 Å². The first-order chi connectivity index (χ1) is 23.1. The molecule has 2 aromatic heterocycles. The highest BCUT2D eigenvalue weighted by Gasteiger charge is 2.33. The number of nitrogens with zero attached hydrogens (tertiary/aromatic N) is 7. The van der Waals surface area contributed by atoms with Crippen molar-refractivity contribution in [3.05, 3.63) is 72.3 Å². The largest absolute Gasteiger partial charge is 0.494 e. The maximum Gasteiger partial charge on any atom is 0.164 e. The summed E-state index contributed by atoms with van der Waals surface area (Å²) in [5, 5.41) is 9.32. The molecule has 0 bridgehead atoms. The Kier molecular flexibility index (Phi) is 9.79. The predicted octanol–water partition coefficient (Wildman–Crippen LogP) is 6.69. The number of hydroxylamine groups is 1. The molecule has 2 aromatic carbocycles. The number of aromatic nitrogens is 4. The van der Waals surface area contributed by atoms with Crippen LogP contribution in [0.5, 0.6) is 5.75 Å². The molecular formula is C35H43F3N8O2. The van der Waals surface area contributed by atoms with Gasteiger partial charge in [0.05, 0.1) is 31.6 Å². The molecule has 0 aliphatic carbocycles. The number of halogens is 3. The van der Waals surface area contributed by atoms with Gasteiger partial charge in [0.2, 0.25) is 0 Å². The molecule has 0 saturated carbocycles. The molecule has 13 heteroatoms. The molecule has 2 aliphatic heterocycles. The Hall–Kier alpha value is -4.36. The zero-order chi connectivity index (χ0) is 34.0. The fraction of sp³-hybridized carbons (Fsp3) is 0.457. The van der Waals surface area contributed by atoms with Crippen molar-refractivity contribution in [2.45, 2.75) is 44.7 Å². The molecule has 0 radical (unpaired) electrons. The average molecular weight is 665 g/mol. The van der Waals surface area contributed by atoms with E-state index in [4.69, 9.17) is 9.57 Å². The molecule has 4 heterocycles. The van der Waals surface area contributed by atoms with Crippen LogP contribution in [-0.2, 0) is 11.9 Å². The van der Waals surface area contributed by atoms with E-state index >= 15 is 0 Å². The van der Waals surface area contributed by atoms with Crippen LogP contribution < -0.4 is 20.0 Å². The summed E-state index contributed by atoms with van der Waals surface area (Å²) in [5.41, 5.74) is 3.39. The van der Waals surface area contributed by atoms with Crippen LogP contribution in [-0.4, -0.2) is 77.3 Å². The lowest BCUT2D eigenvalue weighted by Crippen LogP contribution is -2.47. The first-order valence-electron chi connectivity index (χ1n) is 16.3. The van der Waals surface area contributed by atoms with Crippen molar-refractivity contribution >= 4 is 23.0 Å². The van der Waals surface area contributed by atoms with Crippen LogP contribution in [0.15, 0.2) is 55.1 Å². The molecule has 10 nitrogen and oxygen atoms in total. The van der Waals surface area contributed by atoms with Gasteiger partial charge in [-0.05, 0) is 51.8 Å². The molecule has 2 saturated heterocycles. The second kappa shape index (κ2) is 14.0. The molecule has 256 valence electrons. The first-order valence-corrected chi connectivity index (χ1v) is 16.3. The number of nitrogens with one attached hydrogen (secondary N) is 1. The van der Waals surface area contributed by atoms with Crippen LogP contribution in [0.2, 0.25) is 0 Å². The Labute approximate surface area is 279 Å². The van der Waals surface area contributed by atoms with Crippen LogP contribution >= 0.6 is 0 Å². The van der Waals surface area contributed by atoms with Gasteiger partial charge in [-0.1, -0.05) is 12.1 Å². The van der Waals surface area contributed by atoms with E-state index < -0.39 is 23.2 Å². The zero-order valence-electron chi connectivity index (χ0n) is 28.1. The third kappa shape index (κ3) is 6.93. The van der Waals surface area contributed by atoms with E-state index in [9.17, 15) is 13.2 Å². The summed E-state index contributed by atoms with van der Waals surface area (Å²) in [4.78, 5) is 19.2. The van der Waals surface area contributed by atoms with Gasteiger partial charge in [-0.2, -0.15) is 5.10 Å². The van der Waals surface area contributed by atoms with Crippen LogP contribution in [0.4, 0.5) is 36.2 Å². The number of ether oxygens (including phenoxy) is 1. The predicted molar refractivity (Wildman–Crippen MR) is 180 cm³/mol. The van der Waals surface area contributed by atoms with E-state index in [2.05, 4.69) is 30.2 Å². The Morgan fingerprint density at radius 1 is 1.10 bits per heavy atom. The van der Waals surface area contributed by atoms with Crippen molar-refractivity contribution in [1.82, 2.24) is 24.6 Å². The van der Waals surface area contributed by atoms with E-state index in [1.807, 2.05) is 52.5 Å². The lowest BCUT2D eigenvalue weighted by molar-refractivity contribution is 0.0974. The number of alkyl halides is 1. The molecule has 4 aromatic rings. The highest BCUT2D eigenvalue weighted by molar-refractivity contribution is 5.85. The van der Waals surface area contributed by atoms with Gasteiger partial charge in [0, 0.05) is 79.3 Å². The Morgan fingerprint density at radius 2 is 1.90 bits per heavy atom. The lowest BCUT2D eigenvalue weighted by atomic mass is 9.93. The van der Waals surface area contributed by atoms with E-state index in [0.717, 1.165) is 55.4 Å². The summed E-state index contributed by atoms with van der Waals surface area (Å²) in [7, 11) is 5.52. The standard InChI is InChI=1S/C35H43F3N8O2/c1-35(2,21-36)43(3)19-23-9-12-45(13-10-23)30-16-31(47-5)28(15-26(30)24-18-41-44(4)20-24)42-32-17-33(40-22-39-32)46-29(11-14-48-46)25-7-6-8-27(37)34(25)38/h6-8,15-18,20,22-23,29H,9-14,19,21H2,1-5H3,(H,39,40,42)/t29-/m1/s1. The summed E-state index contributed by atoms with van der Waals surface area (Å²) < 4.78 is 50.0. The third-order valence-corrected chi connectivity index (χ3v) is 9.57. The molecule has 1 N–H and O–H groups in total. The number of rotatable bonds is 11. The number of anilines is 4. The van der Waals surface area contributed by atoms with Crippen molar-refractivity contribution in [2.75, 3.05) is 62.4 Å². The topological polar surface area (TPSA) is 83.8 Å². The number of aryl methyl sites for hydroxylation is 1. The maximum atomic E-state index is 14.7. The SMILES string of the molecule is COc1cc(N2CCC(CN(C)C(C)(C)CF)CC2)c(-c2cnn(C)c2)cc1Nc1cc(N2OCC[C@@H]2c2cccc(F)c2F)ncn1. The number of benzene rings is 2. The molecule has 2 fully saturated rings. The summed E-state index contributed by atoms with van der Waals surface area (Å²) in [6, 6.07) is 9.39. The van der Waals surface area contributed by atoms with Gasteiger partial charge in [0.15, 0.2) is 17.5 Å². The van der Waals surface area contributed by atoms with Crippen LogP contribution in [0.3, 0.4) is 0 Å². The van der Waals surface area contributed by atoms with E-state index in [0.29, 0.717) is 42.0 Å². The van der Waals surface area contributed by atoms with Gasteiger partial charge in [0.25, 0.3) is 0 Å². The van der Waals surface area contributed by atoms with Crippen molar-refractivity contribution < 1.29 is 22.7 Å². The second-order valence-electron chi connectivity index (χ2n) is 13.2. The summed E-state index contributed by atoms with van der Waals surface area (Å²) in [6.07, 6.45) is 7.68. The molecule has 48 heavy (non-hydrogen) atoms. The van der Waals surface area contributed by atoms with Crippen molar-refractivity contribution in [3.63, 3.8) is 0 Å². The number of methoxy groups -OCH3 is 1. The van der Waals surface area contributed by atoms with Crippen molar-refractivity contribution in [2.24, 2.45) is 13.0 Å². The van der Waals surface area contributed by atoms with Gasteiger partial charge >= 0.3 is 0 Å². The summed E-state index contributed by atoms with van der Waals surface area (Å²) >= 11 is 0. The highest BCUT2D eigenvalue weighted by Crippen LogP contribution is 2.42. The molecule has 0 unspecified atom stereocenters. The van der Waals surface area contributed by atoms with E-state index in [-0.39, 0.29) is 12.2 Å². The zero-order valence-corrected chi connectivity index (χ0v) is 28.1. The maximum absolute atomic E-state index is 14.7. The smallest absolute Gasteiger partial charge is 0.164 e. The normalized spacial score (nSPS) is 17.4. The second-order valence-corrected chi connectivity index (χ2v) is 13.2. The lowest BCUT2D eigenvalue weighted by Gasteiger charge is -2.40. The first kappa shape index (κ1) is 33.5.